The van der Waals surface area contributed by atoms with E-state index in [2.05, 4.69) is 5.32 Å². The number of piperazine rings is 1. The van der Waals surface area contributed by atoms with Gasteiger partial charge in [-0.1, -0.05) is 0 Å². The molecule has 1 heterocycles. The van der Waals surface area contributed by atoms with Crippen LogP contribution in [0.5, 0.6) is 0 Å². The molecule has 1 N–H and O–H groups in total. The van der Waals surface area contributed by atoms with Crippen molar-refractivity contribution in [3.05, 3.63) is 0 Å². The van der Waals surface area contributed by atoms with Crippen LogP contribution in [0.2, 0.25) is 0 Å². The molecular formula is C7H13F3N2. The van der Waals surface area contributed by atoms with E-state index in [1.54, 1.807) is 0 Å². The second-order valence-electron chi connectivity index (χ2n) is 3.31. The highest BCUT2D eigenvalue weighted by atomic mass is 19.4. The van der Waals surface area contributed by atoms with E-state index in [9.17, 15) is 13.2 Å². The Labute approximate surface area is 69.7 Å². The molecule has 0 saturated carbocycles. The summed E-state index contributed by atoms with van der Waals surface area (Å²) in [5, 5.41) is 2.81. The average molecular weight is 182 g/mol. The first-order valence-electron chi connectivity index (χ1n) is 3.91. The van der Waals surface area contributed by atoms with E-state index in [4.69, 9.17) is 0 Å². The van der Waals surface area contributed by atoms with Crippen LogP contribution in [-0.4, -0.2) is 43.3 Å². The van der Waals surface area contributed by atoms with Crippen molar-refractivity contribution in [2.45, 2.75) is 25.2 Å². The molecular weight excluding hydrogens is 169 g/mol. The van der Waals surface area contributed by atoms with Crippen LogP contribution in [0.4, 0.5) is 13.2 Å². The molecule has 0 bridgehead atoms. The zero-order chi connectivity index (χ0) is 9.35. The molecule has 2 unspecified atom stereocenters. The van der Waals surface area contributed by atoms with Gasteiger partial charge in [-0.15, -0.1) is 0 Å². The predicted molar refractivity (Wildman–Crippen MR) is 39.9 cm³/mol. The number of halogens is 3. The summed E-state index contributed by atoms with van der Waals surface area (Å²) < 4.78 is 36.7. The largest absolute Gasteiger partial charge is 0.405 e. The molecule has 5 heteroatoms. The third-order valence-corrected chi connectivity index (χ3v) is 2.13. The molecule has 2 nitrogen and oxygen atoms in total. The van der Waals surface area contributed by atoms with Gasteiger partial charge in [0.1, 0.15) is 6.04 Å². The second-order valence-corrected chi connectivity index (χ2v) is 3.31. The quantitative estimate of drug-likeness (QED) is 0.597. The Kier molecular flexibility index (Phi) is 2.63. The van der Waals surface area contributed by atoms with Gasteiger partial charge < -0.3 is 5.32 Å². The maximum absolute atomic E-state index is 12.2. The summed E-state index contributed by atoms with van der Waals surface area (Å²) in [5.74, 6) is 0. The summed E-state index contributed by atoms with van der Waals surface area (Å²) in [6.07, 6.45) is -4.11. The van der Waals surface area contributed by atoms with E-state index in [0.717, 1.165) is 0 Å². The number of hydrogen-bond donors (Lipinski definition) is 1. The topological polar surface area (TPSA) is 15.3 Å². The van der Waals surface area contributed by atoms with Gasteiger partial charge >= 0.3 is 6.18 Å². The SMILES string of the molecule is CC1CN(C)C(C(F)(F)F)CN1. The van der Waals surface area contributed by atoms with Crippen molar-refractivity contribution < 1.29 is 13.2 Å². The molecule has 0 spiro atoms. The van der Waals surface area contributed by atoms with Crippen molar-refractivity contribution in [2.24, 2.45) is 0 Å². The van der Waals surface area contributed by atoms with Gasteiger partial charge in [0, 0.05) is 19.1 Å². The van der Waals surface area contributed by atoms with E-state index < -0.39 is 12.2 Å². The third-order valence-electron chi connectivity index (χ3n) is 2.13. The number of hydrogen-bond acceptors (Lipinski definition) is 2. The van der Waals surface area contributed by atoms with E-state index in [-0.39, 0.29) is 12.6 Å². The first-order chi connectivity index (χ1) is 5.41. The number of alkyl halides is 3. The maximum atomic E-state index is 12.2. The molecule has 0 aromatic rings. The summed E-state index contributed by atoms with van der Waals surface area (Å²) in [6, 6.07) is -1.18. The molecule has 0 aliphatic carbocycles. The predicted octanol–water partition coefficient (Wildman–Crippen LogP) is 0.841. The van der Waals surface area contributed by atoms with Gasteiger partial charge in [0.2, 0.25) is 0 Å². The van der Waals surface area contributed by atoms with Crippen LogP contribution in [0.15, 0.2) is 0 Å². The summed E-state index contributed by atoms with van der Waals surface area (Å²) in [5.41, 5.74) is 0. The number of nitrogens with zero attached hydrogens (tertiary/aromatic N) is 1. The van der Waals surface area contributed by atoms with Crippen LogP contribution in [0, 0.1) is 0 Å². The smallest absolute Gasteiger partial charge is 0.311 e. The maximum Gasteiger partial charge on any atom is 0.405 e. The van der Waals surface area contributed by atoms with Crippen molar-refractivity contribution in [3.8, 4) is 0 Å². The molecule has 1 rings (SSSR count). The Hall–Kier alpha value is -0.290. The molecule has 12 heavy (non-hydrogen) atoms. The first kappa shape index (κ1) is 9.80. The molecule has 0 aromatic heterocycles. The lowest BCUT2D eigenvalue weighted by Gasteiger charge is -2.37. The summed E-state index contributed by atoms with van der Waals surface area (Å²) in [7, 11) is 1.51. The van der Waals surface area contributed by atoms with E-state index in [1.165, 1.54) is 11.9 Å². The van der Waals surface area contributed by atoms with Gasteiger partial charge in [0.15, 0.2) is 0 Å². The van der Waals surface area contributed by atoms with Crippen molar-refractivity contribution in [2.75, 3.05) is 20.1 Å². The lowest BCUT2D eigenvalue weighted by Crippen LogP contribution is -2.59. The molecule has 72 valence electrons. The Morgan fingerprint density at radius 1 is 1.42 bits per heavy atom. The standard InChI is InChI=1S/C7H13F3N2/c1-5-4-12(2)6(3-11-5)7(8,9)10/h5-6,11H,3-4H2,1-2H3. The molecule has 1 saturated heterocycles. The van der Waals surface area contributed by atoms with E-state index >= 15 is 0 Å². The Bertz CT molecular complexity index is 157. The number of rotatable bonds is 0. The van der Waals surface area contributed by atoms with Crippen molar-refractivity contribution in [3.63, 3.8) is 0 Å². The number of likely N-dealkylation sites (N-methyl/N-ethyl adjacent to an activating group) is 1. The zero-order valence-corrected chi connectivity index (χ0v) is 7.15. The van der Waals surface area contributed by atoms with Crippen LogP contribution < -0.4 is 5.32 Å². The van der Waals surface area contributed by atoms with Crippen LogP contribution in [0.1, 0.15) is 6.92 Å². The van der Waals surface area contributed by atoms with Crippen molar-refractivity contribution >= 4 is 0 Å². The normalized spacial score (nSPS) is 33.8. The lowest BCUT2D eigenvalue weighted by molar-refractivity contribution is -0.185. The first-order valence-corrected chi connectivity index (χ1v) is 3.91. The van der Waals surface area contributed by atoms with Gasteiger partial charge in [0.05, 0.1) is 0 Å². The van der Waals surface area contributed by atoms with E-state index in [0.29, 0.717) is 6.54 Å². The molecule has 0 aromatic carbocycles. The van der Waals surface area contributed by atoms with Crippen molar-refractivity contribution in [1.82, 2.24) is 10.2 Å². The Morgan fingerprint density at radius 3 is 2.42 bits per heavy atom. The fourth-order valence-corrected chi connectivity index (χ4v) is 1.46. The molecule has 0 amide bonds. The molecule has 2 atom stereocenters. The van der Waals surface area contributed by atoms with Gasteiger partial charge in [-0.2, -0.15) is 13.2 Å². The van der Waals surface area contributed by atoms with Crippen LogP contribution in [0.25, 0.3) is 0 Å². The number of nitrogens with one attached hydrogen (secondary N) is 1. The minimum absolute atomic E-state index is 0.00116. The monoisotopic (exact) mass is 182 g/mol. The summed E-state index contributed by atoms with van der Waals surface area (Å²) >= 11 is 0. The van der Waals surface area contributed by atoms with Gasteiger partial charge in [-0.25, -0.2) is 0 Å². The molecule has 0 radical (unpaired) electrons. The highest BCUT2D eigenvalue weighted by Gasteiger charge is 2.44. The summed E-state index contributed by atoms with van der Waals surface area (Å²) in [4.78, 5) is 1.35. The summed E-state index contributed by atoms with van der Waals surface area (Å²) in [6.45, 7) is 2.33. The van der Waals surface area contributed by atoms with Gasteiger partial charge in [-0.3, -0.25) is 4.90 Å². The van der Waals surface area contributed by atoms with Crippen LogP contribution in [-0.2, 0) is 0 Å². The molecule has 1 aliphatic heterocycles. The fraction of sp³-hybridized carbons (Fsp3) is 1.00. The highest BCUT2D eigenvalue weighted by Crippen LogP contribution is 2.25. The van der Waals surface area contributed by atoms with Gasteiger partial charge in [0.25, 0.3) is 0 Å². The van der Waals surface area contributed by atoms with Crippen LogP contribution in [0.3, 0.4) is 0 Å². The zero-order valence-electron chi connectivity index (χ0n) is 7.15. The molecule has 1 fully saturated rings. The molecule has 1 aliphatic rings. The Morgan fingerprint density at radius 2 is 2.00 bits per heavy atom. The van der Waals surface area contributed by atoms with Crippen LogP contribution >= 0.6 is 0 Å². The van der Waals surface area contributed by atoms with E-state index in [1.807, 2.05) is 6.92 Å². The fourth-order valence-electron chi connectivity index (χ4n) is 1.46. The Balaban J connectivity index is 2.57. The third kappa shape index (κ3) is 2.10. The minimum atomic E-state index is -4.11. The minimum Gasteiger partial charge on any atom is -0.311 e. The second kappa shape index (κ2) is 3.22. The average Bonchev–Trinajstić information content (AvgIpc) is 1.83. The van der Waals surface area contributed by atoms with Gasteiger partial charge in [-0.05, 0) is 14.0 Å². The van der Waals surface area contributed by atoms with Crippen molar-refractivity contribution in [1.29, 1.82) is 0 Å². The highest BCUT2D eigenvalue weighted by molar-refractivity contribution is 4.86. The lowest BCUT2D eigenvalue weighted by atomic mass is 10.1.